The molecule has 0 saturated carbocycles. The van der Waals surface area contributed by atoms with E-state index in [1.807, 2.05) is 30.3 Å². The van der Waals surface area contributed by atoms with Gasteiger partial charge >= 0.3 is 0 Å². The maximum absolute atomic E-state index is 12.9. The third kappa shape index (κ3) is 1.64. The molecule has 0 N–H and O–H groups in total. The van der Waals surface area contributed by atoms with Crippen molar-refractivity contribution in [2.75, 3.05) is 0 Å². The Morgan fingerprint density at radius 3 is 2.33 bits per heavy atom. The first-order valence-corrected chi connectivity index (χ1v) is 5.71. The molecule has 0 spiro atoms. The van der Waals surface area contributed by atoms with Gasteiger partial charge in [0.1, 0.15) is 11.9 Å². The lowest BCUT2D eigenvalue weighted by molar-refractivity contribution is -0.112. The standard InChI is InChI=1S/C15H11FO2/c16-13-8-6-12(7-9-13)15(10-17)14(18-15)11-4-2-1-3-5-11/h1-10,14H. The molecule has 1 heterocycles. The van der Waals surface area contributed by atoms with Crippen molar-refractivity contribution < 1.29 is 13.9 Å². The summed E-state index contributed by atoms with van der Waals surface area (Å²) < 4.78 is 18.5. The lowest BCUT2D eigenvalue weighted by Gasteiger charge is -2.05. The maximum Gasteiger partial charge on any atom is 0.179 e. The molecular weight excluding hydrogens is 231 g/mol. The van der Waals surface area contributed by atoms with Crippen molar-refractivity contribution in [3.63, 3.8) is 0 Å². The number of halogens is 1. The van der Waals surface area contributed by atoms with Crippen LogP contribution >= 0.6 is 0 Å². The summed E-state index contributed by atoms with van der Waals surface area (Å²) in [5.41, 5.74) is 0.691. The number of aldehydes is 1. The number of hydrogen-bond donors (Lipinski definition) is 0. The molecule has 90 valence electrons. The number of epoxide rings is 1. The molecule has 0 aliphatic carbocycles. The fourth-order valence-corrected chi connectivity index (χ4v) is 2.19. The second-order valence-corrected chi connectivity index (χ2v) is 4.33. The third-order valence-electron chi connectivity index (χ3n) is 3.22. The van der Waals surface area contributed by atoms with E-state index in [0.717, 1.165) is 11.8 Å². The van der Waals surface area contributed by atoms with Crippen LogP contribution in [0.4, 0.5) is 4.39 Å². The van der Waals surface area contributed by atoms with Crippen LogP contribution in [0.25, 0.3) is 0 Å². The lowest BCUT2D eigenvalue weighted by atomic mass is 9.93. The van der Waals surface area contributed by atoms with Gasteiger partial charge in [-0.15, -0.1) is 0 Å². The highest BCUT2D eigenvalue weighted by atomic mass is 19.1. The van der Waals surface area contributed by atoms with Crippen molar-refractivity contribution in [2.24, 2.45) is 0 Å². The second kappa shape index (κ2) is 4.03. The molecule has 1 saturated heterocycles. The Kier molecular flexibility index (Phi) is 2.49. The summed E-state index contributed by atoms with van der Waals surface area (Å²) in [6.07, 6.45) is 0.513. The van der Waals surface area contributed by atoms with Crippen molar-refractivity contribution in [3.8, 4) is 0 Å². The molecule has 2 atom stereocenters. The molecular formula is C15H11FO2. The molecule has 0 aromatic heterocycles. The quantitative estimate of drug-likeness (QED) is 0.611. The average Bonchev–Trinajstić information content (AvgIpc) is 3.17. The largest absolute Gasteiger partial charge is 0.348 e. The van der Waals surface area contributed by atoms with Gasteiger partial charge in [0, 0.05) is 0 Å². The van der Waals surface area contributed by atoms with E-state index >= 15 is 0 Å². The third-order valence-corrected chi connectivity index (χ3v) is 3.22. The van der Waals surface area contributed by atoms with Crippen molar-refractivity contribution in [1.82, 2.24) is 0 Å². The molecule has 3 rings (SSSR count). The van der Waals surface area contributed by atoms with Gasteiger partial charge in [0.2, 0.25) is 0 Å². The molecule has 1 aliphatic rings. The Morgan fingerprint density at radius 1 is 1.06 bits per heavy atom. The highest BCUT2D eigenvalue weighted by Crippen LogP contribution is 2.55. The van der Waals surface area contributed by atoms with Crippen LogP contribution in [0.2, 0.25) is 0 Å². The number of rotatable bonds is 3. The van der Waals surface area contributed by atoms with Gasteiger partial charge in [-0.05, 0) is 23.3 Å². The van der Waals surface area contributed by atoms with Crippen molar-refractivity contribution in [3.05, 3.63) is 71.5 Å². The van der Waals surface area contributed by atoms with E-state index in [4.69, 9.17) is 4.74 Å². The summed E-state index contributed by atoms with van der Waals surface area (Å²) in [5.74, 6) is -0.322. The van der Waals surface area contributed by atoms with Crippen molar-refractivity contribution in [2.45, 2.75) is 11.7 Å². The smallest absolute Gasteiger partial charge is 0.179 e. The van der Waals surface area contributed by atoms with E-state index < -0.39 is 5.60 Å². The Labute approximate surface area is 104 Å². The lowest BCUT2D eigenvalue weighted by Crippen LogP contribution is -2.11. The molecule has 3 heteroatoms. The van der Waals surface area contributed by atoms with Gasteiger partial charge < -0.3 is 4.74 Å². The van der Waals surface area contributed by atoms with Gasteiger partial charge in [-0.3, -0.25) is 4.79 Å². The van der Waals surface area contributed by atoms with E-state index in [1.54, 1.807) is 12.1 Å². The van der Waals surface area contributed by atoms with E-state index in [1.165, 1.54) is 12.1 Å². The maximum atomic E-state index is 12.9. The molecule has 18 heavy (non-hydrogen) atoms. The van der Waals surface area contributed by atoms with E-state index in [2.05, 4.69) is 0 Å². The van der Waals surface area contributed by atoms with Gasteiger partial charge in [0.25, 0.3) is 0 Å². The van der Waals surface area contributed by atoms with Crippen LogP contribution in [0.5, 0.6) is 0 Å². The normalized spacial score (nSPS) is 25.7. The molecule has 2 aromatic rings. The summed E-state index contributed by atoms with van der Waals surface area (Å²) in [4.78, 5) is 11.3. The number of hydrogen-bond acceptors (Lipinski definition) is 2. The van der Waals surface area contributed by atoms with Gasteiger partial charge in [-0.2, -0.15) is 0 Å². The summed E-state index contributed by atoms with van der Waals surface area (Å²) in [6, 6.07) is 15.4. The van der Waals surface area contributed by atoms with E-state index in [9.17, 15) is 9.18 Å². The first kappa shape index (κ1) is 11.1. The van der Waals surface area contributed by atoms with Gasteiger partial charge in [0.15, 0.2) is 11.9 Å². The molecule has 1 aliphatic heterocycles. The van der Waals surface area contributed by atoms with E-state index in [0.29, 0.717) is 5.56 Å². The molecule has 0 bridgehead atoms. The monoisotopic (exact) mass is 242 g/mol. The molecule has 2 nitrogen and oxygen atoms in total. The molecule has 2 unspecified atom stereocenters. The van der Waals surface area contributed by atoms with Crippen LogP contribution < -0.4 is 0 Å². The SMILES string of the molecule is O=CC1(c2ccc(F)cc2)OC1c1ccccc1. The average molecular weight is 242 g/mol. The highest BCUT2D eigenvalue weighted by molar-refractivity contribution is 5.72. The molecule has 1 fully saturated rings. The Morgan fingerprint density at radius 2 is 1.72 bits per heavy atom. The fraction of sp³-hybridized carbons (Fsp3) is 0.133. The molecule has 0 radical (unpaired) electrons. The minimum Gasteiger partial charge on any atom is -0.348 e. The minimum absolute atomic E-state index is 0.276. The van der Waals surface area contributed by atoms with Crippen LogP contribution in [-0.2, 0) is 15.1 Å². The van der Waals surface area contributed by atoms with Gasteiger partial charge in [-0.25, -0.2) is 4.39 Å². The number of benzene rings is 2. The summed E-state index contributed by atoms with van der Waals surface area (Å²) in [5, 5.41) is 0. The second-order valence-electron chi connectivity index (χ2n) is 4.33. The Balaban J connectivity index is 1.95. The van der Waals surface area contributed by atoms with Crippen LogP contribution in [0.15, 0.2) is 54.6 Å². The van der Waals surface area contributed by atoms with Crippen LogP contribution in [0, 0.1) is 5.82 Å². The summed E-state index contributed by atoms with van der Waals surface area (Å²) >= 11 is 0. The number of carbonyl (C=O) groups is 1. The van der Waals surface area contributed by atoms with E-state index in [-0.39, 0.29) is 11.9 Å². The number of ether oxygens (including phenoxy) is 1. The predicted molar refractivity (Wildman–Crippen MR) is 64.4 cm³/mol. The first-order chi connectivity index (χ1) is 8.76. The fourth-order valence-electron chi connectivity index (χ4n) is 2.19. The first-order valence-electron chi connectivity index (χ1n) is 5.71. The minimum atomic E-state index is -0.949. The topological polar surface area (TPSA) is 29.6 Å². The van der Waals surface area contributed by atoms with Crippen LogP contribution in [0.1, 0.15) is 17.2 Å². The van der Waals surface area contributed by atoms with Crippen molar-refractivity contribution >= 4 is 6.29 Å². The zero-order valence-corrected chi connectivity index (χ0v) is 9.55. The molecule has 2 aromatic carbocycles. The predicted octanol–water partition coefficient (Wildman–Crippen LogP) is 2.99. The van der Waals surface area contributed by atoms with Crippen molar-refractivity contribution in [1.29, 1.82) is 0 Å². The van der Waals surface area contributed by atoms with Crippen LogP contribution in [-0.4, -0.2) is 6.29 Å². The number of carbonyl (C=O) groups excluding carboxylic acids is 1. The Bertz CT molecular complexity index is 565. The van der Waals surface area contributed by atoms with Gasteiger partial charge in [-0.1, -0.05) is 42.5 Å². The van der Waals surface area contributed by atoms with Gasteiger partial charge in [0.05, 0.1) is 0 Å². The zero-order valence-electron chi connectivity index (χ0n) is 9.55. The zero-order chi connectivity index (χ0) is 12.6. The summed E-state index contributed by atoms with van der Waals surface area (Å²) in [7, 11) is 0. The van der Waals surface area contributed by atoms with Crippen LogP contribution in [0.3, 0.4) is 0 Å². The molecule has 0 amide bonds. The highest BCUT2D eigenvalue weighted by Gasteiger charge is 2.58. The summed E-state index contributed by atoms with van der Waals surface area (Å²) in [6.45, 7) is 0. The Hall–Kier alpha value is -2.00.